The Morgan fingerprint density at radius 1 is 1.38 bits per heavy atom. The van der Waals surface area contributed by atoms with Gasteiger partial charge in [-0.3, -0.25) is 4.79 Å². The van der Waals surface area contributed by atoms with E-state index in [4.69, 9.17) is 0 Å². The lowest BCUT2D eigenvalue weighted by atomic mass is 9.93. The molecule has 0 radical (unpaired) electrons. The van der Waals surface area contributed by atoms with Gasteiger partial charge < -0.3 is 10.0 Å². The highest BCUT2D eigenvalue weighted by Gasteiger charge is 2.28. The van der Waals surface area contributed by atoms with E-state index in [0.29, 0.717) is 24.5 Å². The van der Waals surface area contributed by atoms with E-state index in [1.807, 2.05) is 6.92 Å². The molecule has 1 saturated heterocycles. The van der Waals surface area contributed by atoms with Crippen molar-refractivity contribution in [3.05, 3.63) is 47.5 Å². The molecule has 128 valence electrons. The van der Waals surface area contributed by atoms with Crippen LogP contribution in [0.25, 0.3) is 5.69 Å². The van der Waals surface area contributed by atoms with E-state index in [2.05, 4.69) is 5.10 Å². The first-order valence-corrected chi connectivity index (χ1v) is 8.25. The quantitative estimate of drug-likeness (QED) is 0.940. The van der Waals surface area contributed by atoms with Crippen molar-refractivity contribution in [3.63, 3.8) is 0 Å². The number of aromatic nitrogens is 2. The third kappa shape index (κ3) is 3.33. The standard InChI is InChI=1S/C18H22FN3O2/c1-12-10-17(20-22(12)16-7-5-15(19)6-8-16)18(24)21-9-3-4-14(11-21)13(2)23/h5-8,10,13-14,23H,3-4,9,11H2,1-2H3. The van der Waals surface area contributed by atoms with Crippen molar-refractivity contribution in [2.45, 2.75) is 32.8 Å². The van der Waals surface area contributed by atoms with E-state index in [1.165, 1.54) is 12.1 Å². The van der Waals surface area contributed by atoms with Gasteiger partial charge in [0.05, 0.1) is 11.8 Å². The highest BCUT2D eigenvalue weighted by Crippen LogP contribution is 2.22. The maximum Gasteiger partial charge on any atom is 0.274 e. The lowest BCUT2D eigenvalue weighted by Crippen LogP contribution is -2.43. The highest BCUT2D eigenvalue weighted by atomic mass is 19.1. The van der Waals surface area contributed by atoms with Crippen LogP contribution < -0.4 is 0 Å². The number of hydrogen-bond acceptors (Lipinski definition) is 3. The monoisotopic (exact) mass is 331 g/mol. The van der Waals surface area contributed by atoms with Gasteiger partial charge in [0.2, 0.25) is 0 Å². The summed E-state index contributed by atoms with van der Waals surface area (Å²) in [6.07, 6.45) is 1.41. The fourth-order valence-corrected chi connectivity index (χ4v) is 3.17. The summed E-state index contributed by atoms with van der Waals surface area (Å²) in [5.74, 6) is -0.315. The zero-order valence-electron chi connectivity index (χ0n) is 13.9. The first-order valence-electron chi connectivity index (χ1n) is 8.25. The lowest BCUT2D eigenvalue weighted by Gasteiger charge is -2.33. The topological polar surface area (TPSA) is 58.4 Å². The van der Waals surface area contributed by atoms with Crippen molar-refractivity contribution in [1.29, 1.82) is 0 Å². The third-order valence-electron chi connectivity index (χ3n) is 4.61. The van der Waals surface area contributed by atoms with Crippen molar-refractivity contribution >= 4 is 5.91 Å². The normalized spacial score (nSPS) is 19.3. The minimum absolute atomic E-state index is 0.114. The molecule has 2 unspecified atom stereocenters. The van der Waals surface area contributed by atoms with Gasteiger partial charge in [-0.05, 0) is 57.0 Å². The Balaban J connectivity index is 1.81. The SMILES string of the molecule is Cc1cc(C(=O)N2CCCC(C(C)O)C2)nn1-c1ccc(F)cc1. The molecule has 1 N–H and O–H groups in total. The molecule has 0 bridgehead atoms. The van der Waals surface area contributed by atoms with Crippen molar-refractivity contribution in [3.8, 4) is 5.69 Å². The molecule has 1 amide bonds. The number of aliphatic hydroxyl groups is 1. The van der Waals surface area contributed by atoms with Crippen molar-refractivity contribution in [2.24, 2.45) is 5.92 Å². The minimum atomic E-state index is -0.417. The molecule has 6 heteroatoms. The highest BCUT2D eigenvalue weighted by molar-refractivity contribution is 5.92. The van der Waals surface area contributed by atoms with Gasteiger partial charge in [-0.2, -0.15) is 5.10 Å². The molecule has 1 aliphatic heterocycles. The molecule has 0 aliphatic carbocycles. The number of carbonyl (C=O) groups is 1. The minimum Gasteiger partial charge on any atom is -0.393 e. The van der Waals surface area contributed by atoms with Crippen molar-refractivity contribution in [2.75, 3.05) is 13.1 Å². The summed E-state index contributed by atoms with van der Waals surface area (Å²) >= 11 is 0. The van der Waals surface area contributed by atoms with Gasteiger partial charge in [0.25, 0.3) is 5.91 Å². The number of aryl methyl sites for hydroxylation is 1. The van der Waals surface area contributed by atoms with E-state index in [1.54, 1.807) is 34.7 Å². The second kappa shape index (κ2) is 6.73. The smallest absolute Gasteiger partial charge is 0.274 e. The summed E-state index contributed by atoms with van der Waals surface area (Å²) in [7, 11) is 0. The molecule has 5 nitrogen and oxygen atoms in total. The second-order valence-corrected chi connectivity index (χ2v) is 6.45. The Bertz CT molecular complexity index is 724. The van der Waals surface area contributed by atoms with Crippen LogP contribution in [-0.4, -0.2) is 44.9 Å². The Morgan fingerprint density at radius 2 is 2.08 bits per heavy atom. The number of amides is 1. The Kier molecular flexibility index (Phi) is 4.66. The first-order chi connectivity index (χ1) is 11.5. The maximum absolute atomic E-state index is 13.1. The average Bonchev–Trinajstić information content (AvgIpc) is 2.97. The molecule has 1 aromatic carbocycles. The molecule has 0 saturated carbocycles. The molecule has 0 spiro atoms. The predicted molar refractivity (Wildman–Crippen MR) is 88.6 cm³/mol. The summed E-state index contributed by atoms with van der Waals surface area (Å²) in [6.45, 7) is 4.87. The molecule has 1 aliphatic rings. The molecule has 2 aromatic rings. The van der Waals surface area contributed by atoms with Gasteiger partial charge in [-0.25, -0.2) is 9.07 Å². The van der Waals surface area contributed by atoms with Crippen LogP contribution in [0.5, 0.6) is 0 Å². The average molecular weight is 331 g/mol. The predicted octanol–water partition coefficient (Wildman–Crippen LogP) is 2.55. The molecule has 1 aromatic heterocycles. The van der Waals surface area contributed by atoms with E-state index >= 15 is 0 Å². The molecule has 3 rings (SSSR count). The maximum atomic E-state index is 13.1. The molecular formula is C18H22FN3O2. The van der Waals surface area contributed by atoms with Crippen LogP contribution in [0, 0.1) is 18.7 Å². The van der Waals surface area contributed by atoms with E-state index in [9.17, 15) is 14.3 Å². The molecule has 1 fully saturated rings. The van der Waals surface area contributed by atoms with Crippen LogP contribution in [0.4, 0.5) is 4.39 Å². The zero-order chi connectivity index (χ0) is 17.3. The van der Waals surface area contributed by atoms with Crippen molar-refractivity contribution in [1.82, 2.24) is 14.7 Å². The van der Waals surface area contributed by atoms with Crippen LogP contribution in [0.3, 0.4) is 0 Å². The third-order valence-corrected chi connectivity index (χ3v) is 4.61. The van der Waals surface area contributed by atoms with Crippen LogP contribution >= 0.6 is 0 Å². The first kappa shape index (κ1) is 16.6. The molecule has 2 atom stereocenters. The number of likely N-dealkylation sites (tertiary alicyclic amines) is 1. The molecule has 2 heterocycles. The van der Waals surface area contributed by atoms with Crippen LogP contribution in [0.2, 0.25) is 0 Å². The number of aliphatic hydroxyl groups excluding tert-OH is 1. The van der Waals surface area contributed by atoms with Crippen LogP contribution in [-0.2, 0) is 0 Å². The summed E-state index contributed by atoms with van der Waals surface area (Å²) < 4.78 is 14.7. The van der Waals surface area contributed by atoms with Gasteiger partial charge in [-0.1, -0.05) is 0 Å². The van der Waals surface area contributed by atoms with Gasteiger partial charge in [0.15, 0.2) is 5.69 Å². The fraction of sp³-hybridized carbons (Fsp3) is 0.444. The van der Waals surface area contributed by atoms with Gasteiger partial charge in [0, 0.05) is 24.7 Å². The second-order valence-electron chi connectivity index (χ2n) is 6.45. The Morgan fingerprint density at radius 3 is 2.75 bits per heavy atom. The molecular weight excluding hydrogens is 309 g/mol. The van der Waals surface area contributed by atoms with Crippen LogP contribution in [0.15, 0.2) is 30.3 Å². The van der Waals surface area contributed by atoms with Crippen molar-refractivity contribution < 1.29 is 14.3 Å². The number of carbonyl (C=O) groups excluding carboxylic acids is 1. The Labute approximate surface area is 140 Å². The van der Waals surface area contributed by atoms with E-state index in [-0.39, 0.29) is 17.6 Å². The number of piperidine rings is 1. The number of nitrogens with zero attached hydrogens (tertiary/aromatic N) is 3. The summed E-state index contributed by atoms with van der Waals surface area (Å²) in [6, 6.07) is 7.76. The lowest BCUT2D eigenvalue weighted by molar-refractivity contribution is 0.0461. The number of halogens is 1. The van der Waals surface area contributed by atoms with Gasteiger partial charge in [0.1, 0.15) is 5.82 Å². The molecule has 24 heavy (non-hydrogen) atoms. The zero-order valence-corrected chi connectivity index (χ0v) is 13.9. The largest absolute Gasteiger partial charge is 0.393 e. The number of hydrogen-bond donors (Lipinski definition) is 1. The van der Waals surface area contributed by atoms with Gasteiger partial charge in [-0.15, -0.1) is 0 Å². The van der Waals surface area contributed by atoms with Crippen LogP contribution in [0.1, 0.15) is 35.9 Å². The number of benzene rings is 1. The number of rotatable bonds is 3. The fourth-order valence-electron chi connectivity index (χ4n) is 3.17. The Hall–Kier alpha value is -2.21. The van der Waals surface area contributed by atoms with Gasteiger partial charge >= 0.3 is 0 Å². The summed E-state index contributed by atoms with van der Waals surface area (Å²) in [5.41, 5.74) is 1.91. The summed E-state index contributed by atoms with van der Waals surface area (Å²) in [4.78, 5) is 14.5. The summed E-state index contributed by atoms with van der Waals surface area (Å²) in [5, 5.41) is 14.2. The van der Waals surface area contributed by atoms with E-state index < -0.39 is 6.10 Å². The van der Waals surface area contributed by atoms with E-state index in [0.717, 1.165) is 18.5 Å².